The van der Waals surface area contributed by atoms with Crippen LogP contribution in [0.1, 0.15) is 40.0 Å². The lowest BCUT2D eigenvalue weighted by Gasteiger charge is -2.41. The second-order valence-corrected chi connectivity index (χ2v) is 5.87. The van der Waals surface area contributed by atoms with E-state index in [9.17, 15) is 0 Å². The smallest absolute Gasteiger partial charge is 0.0224 e. The van der Waals surface area contributed by atoms with Gasteiger partial charge < -0.3 is 5.32 Å². The second kappa shape index (κ2) is 6.17. The number of piperazine rings is 1. The largest absolute Gasteiger partial charge is 0.314 e. The molecule has 2 saturated heterocycles. The Bertz CT molecular complexity index is 232. The molecule has 3 nitrogen and oxygen atoms in total. The maximum Gasteiger partial charge on any atom is 0.0224 e. The SMILES string of the molecule is CCNC(C)CC(C)N1CCN2CCCC2C1. The Morgan fingerprint density at radius 1 is 1.24 bits per heavy atom. The zero-order valence-corrected chi connectivity index (χ0v) is 11.8. The molecular weight excluding hydrogens is 210 g/mol. The third-order valence-electron chi connectivity index (χ3n) is 4.49. The summed E-state index contributed by atoms with van der Waals surface area (Å²) in [6, 6.07) is 2.24. The Morgan fingerprint density at radius 3 is 2.82 bits per heavy atom. The molecule has 1 N–H and O–H groups in total. The molecule has 100 valence electrons. The molecule has 3 atom stereocenters. The van der Waals surface area contributed by atoms with E-state index >= 15 is 0 Å². The molecule has 17 heavy (non-hydrogen) atoms. The highest BCUT2D eigenvalue weighted by Crippen LogP contribution is 2.23. The summed E-state index contributed by atoms with van der Waals surface area (Å²) < 4.78 is 0. The first-order valence-electron chi connectivity index (χ1n) is 7.42. The molecule has 0 aromatic rings. The average Bonchev–Trinajstić information content (AvgIpc) is 2.75. The third kappa shape index (κ3) is 3.43. The molecule has 0 aromatic carbocycles. The van der Waals surface area contributed by atoms with E-state index in [0.29, 0.717) is 6.04 Å². The second-order valence-electron chi connectivity index (χ2n) is 5.87. The van der Waals surface area contributed by atoms with Gasteiger partial charge in [-0.1, -0.05) is 6.92 Å². The first kappa shape index (κ1) is 13.3. The van der Waals surface area contributed by atoms with E-state index in [2.05, 4.69) is 35.9 Å². The molecule has 2 heterocycles. The van der Waals surface area contributed by atoms with Crippen LogP contribution in [-0.2, 0) is 0 Å². The molecule has 2 fully saturated rings. The molecule has 0 saturated carbocycles. The molecule has 0 amide bonds. The van der Waals surface area contributed by atoms with Crippen molar-refractivity contribution in [1.82, 2.24) is 15.1 Å². The minimum absolute atomic E-state index is 0.650. The van der Waals surface area contributed by atoms with Gasteiger partial charge in [0.2, 0.25) is 0 Å². The van der Waals surface area contributed by atoms with Crippen molar-refractivity contribution in [2.45, 2.75) is 58.2 Å². The molecule has 0 aromatic heterocycles. The number of hydrogen-bond donors (Lipinski definition) is 1. The summed E-state index contributed by atoms with van der Waals surface area (Å²) in [7, 11) is 0. The number of rotatable bonds is 5. The van der Waals surface area contributed by atoms with E-state index in [-0.39, 0.29) is 0 Å². The zero-order valence-electron chi connectivity index (χ0n) is 11.8. The maximum absolute atomic E-state index is 3.52. The Morgan fingerprint density at radius 2 is 2.06 bits per heavy atom. The average molecular weight is 239 g/mol. The lowest BCUT2D eigenvalue weighted by atomic mass is 10.1. The summed E-state index contributed by atoms with van der Waals surface area (Å²) in [6.07, 6.45) is 4.12. The molecule has 0 spiro atoms. The Kier molecular flexibility index (Phi) is 4.83. The van der Waals surface area contributed by atoms with Crippen LogP contribution in [0.2, 0.25) is 0 Å². The van der Waals surface area contributed by atoms with E-state index in [1.165, 1.54) is 45.4 Å². The van der Waals surface area contributed by atoms with Gasteiger partial charge in [-0.05, 0) is 46.2 Å². The fraction of sp³-hybridized carbons (Fsp3) is 1.00. The van der Waals surface area contributed by atoms with Crippen LogP contribution in [0.3, 0.4) is 0 Å². The molecule has 3 heteroatoms. The van der Waals surface area contributed by atoms with E-state index in [1.807, 2.05) is 0 Å². The van der Waals surface area contributed by atoms with Crippen molar-refractivity contribution in [2.75, 3.05) is 32.7 Å². The monoisotopic (exact) mass is 239 g/mol. The van der Waals surface area contributed by atoms with Gasteiger partial charge in [0.1, 0.15) is 0 Å². The Hall–Kier alpha value is -0.120. The van der Waals surface area contributed by atoms with Crippen LogP contribution in [0.5, 0.6) is 0 Å². The molecule has 0 bridgehead atoms. The van der Waals surface area contributed by atoms with Gasteiger partial charge in [0.25, 0.3) is 0 Å². The van der Waals surface area contributed by atoms with Crippen LogP contribution in [0.4, 0.5) is 0 Å². The van der Waals surface area contributed by atoms with E-state index < -0.39 is 0 Å². The van der Waals surface area contributed by atoms with Gasteiger partial charge in [0, 0.05) is 37.8 Å². The molecule has 3 unspecified atom stereocenters. The van der Waals surface area contributed by atoms with Crippen LogP contribution in [0.15, 0.2) is 0 Å². The van der Waals surface area contributed by atoms with Crippen LogP contribution < -0.4 is 5.32 Å². The fourth-order valence-electron chi connectivity index (χ4n) is 3.51. The predicted molar refractivity (Wildman–Crippen MR) is 73.4 cm³/mol. The summed E-state index contributed by atoms with van der Waals surface area (Å²) in [5.41, 5.74) is 0. The topological polar surface area (TPSA) is 18.5 Å². The summed E-state index contributed by atoms with van der Waals surface area (Å²) >= 11 is 0. The number of hydrogen-bond acceptors (Lipinski definition) is 3. The van der Waals surface area contributed by atoms with Crippen LogP contribution >= 0.6 is 0 Å². The molecule has 0 aliphatic carbocycles. The van der Waals surface area contributed by atoms with Gasteiger partial charge >= 0.3 is 0 Å². The van der Waals surface area contributed by atoms with Gasteiger partial charge in [-0.3, -0.25) is 9.80 Å². The van der Waals surface area contributed by atoms with Crippen LogP contribution in [0, 0.1) is 0 Å². The van der Waals surface area contributed by atoms with Gasteiger partial charge in [-0.15, -0.1) is 0 Å². The summed E-state index contributed by atoms with van der Waals surface area (Å²) in [6.45, 7) is 13.2. The van der Waals surface area contributed by atoms with E-state index in [0.717, 1.165) is 18.6 Å². The van der Waals surface area contributed by atoms with Crippen molar-refractivity contribution >= 4 is 0 Å². The minimum Gasteiger partial charge on any atom is -0.314 e. The quantitative estimate of drug-likeness (QED) is 0.785. The van der Waals surface area contributed by atoms with Crippen molar-refractivity contribution in [3.8, 4) is 0 Å². The molecule has 2 rings (SSSR count). The van der Waals surface area contributed by atoms with Crippen molar-refractivity contribution < 1.29 is 0 Å². The van der Waals surface area contributed by atoms with Gasteiger partial charge in [-0.2, -0.15) is 0 Å². The first-order valence-corrected chi connectivity index (χ1v) is 7.42. The highest BCUT2D eigenvalue weighted by molar-refractivity contribution is 4.89. The number of nitrogens with one attached hydrogen (secondary N) is 1. The maximum atomic E-state index is 3.52. The highest BCUT2D eigenvalue weighted by atomic mass is 15.3. The summed E-state index contributed by atoms with van der Waals surface area (Å²) in [5, 5.41) is 3.52. The van der Waals surface area contributed by atoms with Gasteiger partial charge in [-0.25, -0.2) is 0 Å². The van der Waals surface area contributed by atoms with Gasteiger partial charge in [0.15, 0.2) is 0 Å². The van der Waals surface area contributed by atoms with Crippen LogP contribution in [0.25, 0.3) is 0 Å². The fourth-order valence-corrected chi connectivity index (χ4v) is 3.51. The highest BCUT2D eigenvalue weighted by Gasteiger charge is 2.32. The number of fused-ring (bicyclic) bond motifs is 1. The van der Waals surface area contributed by atoms with E-state index in [4.69, 9.17) is 0 Å². The lowest BCUT2D eigenvalue weighted by molar-refractivity contribution is 0.0712. The van der Waals surface area contributed by atoms with Crippen molar-refractivity contribution in [3.63, 3.8) is 0 Å². The van der Waals surface area contributed by atoms with Crippen molar-refractivity contribution in [3.05, 3.63) is 0 Å². The normalized spacial score (nSPS) is 30.2. The van der Waals surface area contributed by atoms with Gasteiger partial charge in [0.05, 0.1) is 0 Å². The van der Waals surface area contributed by atoms with E-state index in [1.54, 1.807) is 0 Å². The summed E-state index contributed by atoms with van der Waals surface area (Å²) in [5.74, 6) is 0. The molecule has 2 aliphatic rings. The third-order valence-corrected chi connectivity index (χ3v) is 4.49. The predicted octanol–water partition coefficient (Wildman–Crippen LogP) is 1.54. The Balaban J connectivity index is 1.77. The standard InChI is InChI=1S/C14H29N3/c1-4-15-12(2)10-13(3)17-9-8-16-7-5-6-14(16)11-17/h12-15H,4-11H2,1-3H3. The first-order chi connectivity index (χ1) is 8.20. The van der Waals surface area contributed by atoms with Crippen molar-refractivity contribution in [2.24, 2.45) is 0 Å². The lowest BCUT2D eigenvalue weighted by Crippen LogP contribution is -2.53. The molecule has 2 aliphatic heterocycles. The van der Waals surface area contributed by atoms with Crippen LogP contribution in [-0.4, -0.2) is 60.6 Å². The molecule has 0 radical (unpaired) electrons. The number of nitrogens with zero attached hydrogens (tertiary/aromatic N) is 2. The molecular formula is C14H29N3. The van der Waals surface area contributed by atoms with Crippen molar-refractivity contribution in [1.29, 1.82) is 0 Å². The summed E-state index contributed by atoms with van der Waals surface area (Å²) in [4.78, 5) is 5.40. The zero-order chi connectivity index (χ0) is 12.3. The Labute approximate surface area is 107 Å². The minimum atomic E-state index is 0.650.